The van der Waals surface area contributed by atoms with E-state index in [1.165, 1.54) is 23.4 Å². The summed E-state index contributed by atoms with van der Waals surface area (Å²) in [4.78, 5) is 39.4. The number of nitrogens with zero attached hydrogens (tertiary/aromatic N) is 5. The standard InChI is InChI=1S/C55H68ClF3N8O9S2/c1-54(38-64(2)22-6-4-3-5-8-51(68)69)19-17-46(39-9-11-42(56)12-10-39)41(35-54)37-66-24-26-67(27-25-66)43-13-15-47(49(33-43)76-44-32-40-18-21-61-52(40)62-36-44)53(70)63-78(73,74)45-14-16-48(50(34-45)77(71,72)55(57,58)59)60-20-7-23-65-28-30-75-31-29-65/h9-16,18,21,32-34,36,60H,3-8,17,19-20,22-31,35,37-38H2,1-2H3,(H,61,62)(H,63,70)(H,68,69). The molecule has 1 aliphatic carbocycles. The van der Waals surface area contributed by atoms with Crippen molar-refractivity contribution in [1.29, 1.82) is 0 Å². The summed E-state index contributed by atoms with van der Waals surface area (Å²) in [5.74, 6) is -1.72. The van der Waals surface area contributed by atoms with Crippen LogP contribution in [0, 0.1) is 5.41 Å². The van der Waals surface area contributed by atoms with E-state index in [0.29, 0.717) is 99.7 Å². The average molecular weight is 1140 g/mol. The van der Waals surface area contributed by atoms with Crippen LogP contribution < -0.4 is 19.7 Å². The maximum absolute atomic E-state index is 14.1. The van der Waals surface area contributed by atoms with Gasteiger partial charge in [0, 0.05) is 93.7 Å². The second-order valence-electron chi connectivity index (χ2n) is 20.8. The number of anilines is 2. The number of sulfone groups is 1. The zero-order valence-electron chi connectivity index (χ0n) is 43.9. The van der Waals surface area contributed by atoms with Gasteiger partial charge in [-0.3, -0.25) is 19.4 Å². The number of ether oxygens (including phenoxy) is 2. The Hall–Kier alpha value is -5.75. The van der Waals surface area contributed by atoms with Crippen LogP contribution in [0.3, 0.4) is 0 Å². The van der Waals surface area contributed by atoms with Crippen LogP contribution in [-0.4, -0.2) is 156 Å². The average Bonchev–Trinajstić information content (AvgIpc) is 3.87. The highest BCUT2D eigenvalue weighted by Gasteiger charge is 2.48. The lowest BCUT2D eigenvalue weighted by Gasteiger charge is -2.42. The van der Waals surface area contributed by atoms with Gasteiger partial charge in [0.2, 0.25) is 0 Å². The Morgan fingerprint density at radius 2 is 1.65 bits per heavy atom. The Bertz CT molecular complexity index is 3170. The van der Waals surface area contributed by atoms with Gasteiger partial charge in [-0.1, -0.05) is 49.1 Å². The van der Waals surface area contributed by atoms with Crippen molar-refractivity contribution in [3.8, 4) is 11.5 Å². The van der Waals surface area contributed by atoms with Gasteiger partial charge in [-0.05, 0) is 130 Å². The quantitative estimate of drug-likeness (QED) is 0.0425. The molecule has 1 unspecified atom stereocenters. The maximum atomic E-state index is 14.1. The normalized spacial score (nSPS) is 18.2. The van der Waals surface area contributed by atoms with Gasteiger partial charge in [0.25, 0.3) is 25.8 Å². The molecular formula is C55H68ClF3N8O9S2. The second kappa shape index (κ2) is 25.6. The summed E-state index contributed by atoms with van der Waals surface area (Å²) in [7, 11) is -8.89. The van der Waals surface area contributed by atoms with Gasteiger partial charge < -0.3 is 34.7 Å². The molecule has 0 radical (unpaired) electrons. The minimum absolute atomic E-state index is 0.0290. The number of unbranched alkanes of at least 4 members (excludes halogenated alkanes) is 3. The highest BCUT2D eigenvalue weighted by atomic mass is 35.5. The number of nitrogens with one attached hydrogen (secondary N) is 3. The lowest BCUT2D eigenvalue weighted by atomic mass is 9.71. The van der Waals surface area contributed by atoms with E-state index in [1.807, 2.05) is 16.9 Å². The molecule has 8 rings (SSSR count). The number of fused-ring (bicyclic) bond motifs is 1. The van der Waals surface area contributed by atoms with Crippen LogP contribution in [0.4, 0.5) is 24.5 Å². The first-order valence-electron chi connectivity index (χ1n) is 26.3. The summed E-state index contributed by atoms with van der Waals surface area (Å²) in [6, 6.07) is 18.5. The van der Waals surface area contributed by atoms with Gasteiger partial charge in [0.05, 0.1) is 35.6 Å². The van der Waals surface area contributed by atoms with Crippen LogP contribution in [0.1, 0.15) is 80.6 Å². The Kier molecular flexibility index (Phi) is 19.1. The Morgan fingerprint density at radius 1 is 0.910 bits per heavy atom. The molecule has 2 aromatic heterocycles. The number of alkyl halides is 3. The number of aromatic nitrogens is 2. The van der Waals surface area contributed by atoms with E-state index in [-0.39, 0.29) is 35.4 Å². The molecule has 17 nitrogen and oxygen atoms in total. The smallest absolute Gasteiger partial charge is 0.481 e. The van der Waals surface area contributed by atoms with Crippen LogP contribution in [0.25, 0.3) is 16.6 Å². The fraction of sp³-hybridized carbons (Fsp3) is 0.473. The number of aliphatic carboxylic acids is 1. The Balaban J connectivity index is 0.981. The topological polar surface area (TPSA) is 207 Å². The molecule has 2 fully saturated rings. The minimum atomic E-state index is -6.06. The summed E-state index contributed by atoms with van der Waals surface area (Å²) in [6.45, 7) is 10.7. The van der Waals surface area contributed by atoms with E-state index in [4.69, 9.17) is 26.2 Å². The van der Waals surface area contributed by atoms with E-state index in [2.05, 4.69) is 61.0 Å². The zero-order valence-corrected chi connectivity index (χ0v) is 46.3. The van der Waals surface area contributed by atoms with E-state index in [9.17, 15) is 39.6 Å². The van der Waals surface area contributed by atoms with Crippen molar-refractivity contribution in [2.75, 3.05) is 102 Å². The van der Waals surface area contributed by atoms with Crippen LogP contribution in [0.2, 0.25) is 5.02 Å². The first kappa shape index (κ1) is 58.4. The number of sulfonamides is 1. The number of benzene rings is 3. The van der Waals surface area contributed by atoms with E-state index < -0.39 is 52.7 Å². The molecule has 3 aromatic carbocycles. The molecule has 1 atom stereocenters. The summed E-state index contributed by atoms with van der Waals surface area (Å²) >= 11 is 6.33. The van der Waals surface area contributed by atoms with Crippen molar-refractivity contribution in [2.45, 2.75) is 80.0 Å². The van der Waals surface area contributed by atoms with Crippen molar-refractivity contribution in [2.24, 2.45) is 5.41 Å². The predicted octanol–water partition coefficient (Wildman–Crippen LogP) is 9.29. The van der Waals surface area contributed by atoms with Crippen molar-refractivity contribution >= 4 is 71.3 Å². The van der Waals surface area contributed by atoms with E-state index >= 15 is 0 Å². The second-order valence-corrected chi connectivity index (χ2v) is 24.8. The lowest BCUT2D eigenvalue weighted by molar-refractivity contribution is -0.137. The van der Waals surface area contributed by atoms with Crippen LogP contribution in [0.5, 0.6) is 11.5 Å². The number of amides is 1. The van der Waals surface area contributed by atoms with Crippen LogP contribution >= 0.6 is 11.6 Å². The highest BCUT2D eigenvalue weighted by molar-refractivity contribution is 7.92. The number of H-pyrrole nitrogens is 1. The molecule has 78 heavy (non-hydrogen) atoms. The number of morpholine rings is 1. The van der Waals surface area contributed by atoms with Gasteiger partial charge in [-0.2, -0.15) is 13.2 Å². The van der Waals surface area contributed by atoms with Gasteiger partial charge in [0.1, 0.15) is 22.0 Å². The van der Waals surface area contributed by atoms with Crippen molar-refractivity contribution in [3.05, 3.63) is 107 Å². The summed E-state index contributed by atoms with van der Waals surface area (Å²) < 4.78 is 109. The number of hydrogen-bond acceptors (Lipinski definition) is 14. The third-order valence-corrected chi connectivity index (χ3v) is 17.8. The van der Waals surface area contributed by atoms with Gasteiger partial charge in [-0.15, -0.1) is 0 Å². The summed E-state index contributed by atoms with van der Waals surface area (Å²) in [5.41, 5.74) is -1.23. The molecule has 23 heteroatoms. The first-order valence-corrected chi connectivity index (χ1v) is 29.7. The predicted molar refractivity (Wildman–Crippen MR) is 295 cm³/mol. The van der Waals surface area contributed by atoms with Gasteiger partial charge in [-0.25, -0.2) is 26.5 Å². The largest absolute Gasteiger partial charge is 0.501 e. The number of halogens is 4. The zero-order chi connectivity index (χ0) is 55.7. The third-order valence-electron chi connectivity index (χ3n) is 14.7. The molecule has 5 aromatic rings. The van der Waals surface area contributed by atoms with E-state index in [1.54, 1.807) is 30.5 Å². The number of rotatable bonds is 24. The molecule has 422 valence electrons. The molecule has 2 saturated heterocycles. The lowest BCUT2D eigenvalue weighted by Crippen LogP contribution is -2.47. The fourth-order valence-corrected chi connectivity index (χ4v) is 12.8. The number of piperazine rings is 1. The van der Waals surface area contributed by atoms with Crippen molar-refractivity contribution < 1.29 is 54.2 Å². The monoisotopic (exact) mass is 1140 g/mol. The molecule has 2 aliphatic heterocycles. The number of carbonyl (C=O) groups excluding carboxylic acids is 1. The molecule has 4 heterocycles. The Morgan fingerprint density at radius 3 is 2.38 bits per heavy atom. The number of carboxylic acids is 1. The molecule has 4 N–H and O–H groups in total. The van der Waals surface area contributed by atoms with Gasteiger partial charge in [0.15, 0.2) is 0 Å². The van der Waals surface area contributed by atoms with Crippen molar-refractivity contribution in [3.63, 3.8) is 0 Å². The number of aromatic amines is 1. The molecule has 3 aliphatic rings. The summed E-state index contributed by atoms with van der Waals surface area (Å²) in [5, 5.41) is 13.1. The van der Waals surface area contributed by atoms with Crippen molar-refractivity contribution in [1.82, 2.24) is 29.4 Å². The fourth-order valence-electron chi connectivity index (χ4n) is 10.6. The molecule has 0 spiro atoms. The number of carbonyl (C=O) groups is 2. The number of pyridine rings is 1. The number of carboxylic acid groups (broad SMARTS) is 1. The van der Waals surface area contributed by atoms with Crippen LogP contribution in [-0.2, 0) is 29.4 Å². The molecular weight excluding hydrogens is 1070 g/mol. The molecule has 0 saturated carbocycles. The Labute approximate surface area is 459 Å². The third kappa shape index (κ3) is 15.1. The van der Waals surface area contributed by atoms with Crippen LogP contribution in [0.15, 0.2) is 101 Å². The number of allylic oxidation sites excluding steroid dienone is 1. The summed E-state index contributed by atoms with van der Waals surface area (Å²) in [6.07, 6.45) is 10.3. The van der Waals surface area contributed by atoms with E-state index in [0.717, 1.165) is 75.9 Å². The maximum Gasteiger partial charge on any atom is 0.501 e. The first-order chi connectivity index (χ1) is 37.2. The molecule has 0 bridgehead atoms. The minimum Gasteiger partial charge on any atom is -0.481 e. The van der Waals surface area contributed by atoms with Gasteiger partial charge >= 0.3 is 11.5 Å². The number of hydrogen-bond donors (Lipinski definition) is 4. The SMILES string of the molecule is CN(CCCCCCC(=O)O)CC1(C)CCC(c2ccc(Cl)cc2)=C(CN2CCN(c3ccc(C(=O)NS(=O)(=O)c4ccc(NCCCN5CCOCC5)c(S(=O)(=O)C(F)(F)F)c4)c(Oc4cnc5[nH]ccc5c4)c3)CC2)C1. The highest BCUT2D eigenvalue weighted by Crippen LogP contribution is 2.44. The molecule has 1 amide bonds.